The second-order valence-electron chi connectivity index (χ2n) is 4.15. The first-order chi connectivity index (χ1) is 9.31. The first kappa shape index (κ1) is 13.5. The van der Waals surface area contributed by atoms with Gasteiger partial charge in [0.2, 0.25) is 5.95 Å². The van der Waals surface area contributed by atoms with E-state index in [-0.39, 0.29) is 0 Å². The second kappa shape index (κ2) is 6.84. The normalized spacial score (nSPS) is 10.6. The van der Waals surface area contributed by atoms with Gasteiger partial charge in [0.25, 0.3) is 0 Å². The van der Waals surface area contributed by atoms with Gasteiger partial charge in [-0.25, -0.2) is 15.0 Å². The summed E-state index contributed by atoms with van der Waals surface area (Å²) in [7, 11) is 0. The Kier molecular flexibility index (Phi) is 4.85. The van der Waals surface area contributed by atoms with E-state index in [2.05, 4.69) is 20.3 Å². The van der Waals surface area contributed by atoms with Crippen LogP contribution in [0.2, 0.25) is 0 Å². The van der Waals surface area contributed by atoms with Gasteiger partial charge in [0.05, 0.1) is 23.8 Å². The fraction of sp³-hybridized carbons (Fsp3) is 0.462. The van der Waals surface area contributed by atoms with Crippen molar-refractivity contribution in [1.29, 1.82) is 0 Å². The van der Waals surface area contributed by atoms with E-state index in [4.69, 9.17) is 4.74 Å². The van der Waals surface area contributed by atoms with E-state index in [1.54, 1.807) is 12.4 Å². The molecule has 0 aromatic carbocycles. The standard InChI is InChI=1S/C13H19N5O/c1-3-19-6-4-5-16-13-17-11(2)9-18(13)12-7-14-10-15-8-12/h7-10H,3-6H2,1-2H3,(H,16,17). The molecule has 0 radical (unpaired) electrons. The molecular formula is C13H19N5O. The fourth-order valence-corrected chi connectivity index (χ4v) is 1.75. The third kappa shape index (κ3) is 3.75. The van der Waals surface area contributed by atoms with Crippen LogP contribution < -0.4 is 5.32 Å². The van der Waals surface area contributed by atoms with Crippen molar-refractivity contribution in [2.45, 2.75) is 20.3 Å². The number of aromatic nitrogens is 4. The van der Waals surface area contributed by atoms with Gasteiger partial charge in [-0.1, -0.05) is 0 Å². The van der Waals surface area contributed by atoms with Crippen LogP contribution in [0.3, 0.4) is 0 Å². The number of imidazole rings is 1. The van der Waals surface area contributed by atoms with Crippen LogP contribution in [0.25, 0.3) is 5.69 Å². The summed E-state index contributed by atoms with van der Waals surface area (Å²) in [6.45, 7) is 6.31. The van der Waals surface area contributed by atoms with E-state index >= 15 is 0 Å². The molecule has 0 amide bonds. The molecule has 0 atom stereocenters. The van der Waals surface area contributed by atoms with Gasteiger partial charge in [-0.15, -0.1) is 0 Å². The predicted octanol–water partition coefficient (Wildman–Crippen LogP) is 1.81. The first-order valence-electron chi connectivity index (χ1n) is 6.44. The topological polar surface area (TPSA) is 64.9 Å². The van der Waals surface area contributed by atoms with Gasteiger partial charge in [-0.3, -0.25) is 4.57 Å². The molecule has 2 aromatic heterocycles. The highest BCUT2D eigenvalue weighted by molar-refractivity contribution is 5.40. The Bertz CT molecular complexity index is 497. The summed E-state index contributed by atoms with van der Waals surface area (Å²) in [5.41, 5.74) is 1.85. The molecule has 0 spiro atoms. The molecule has 102 valence electrons. The van der Waals surface area contributed by atoms with Gasteiger partial charge in [-0.05, 0) is 20.3 Å². The van der Waals surface area contributed by atoms with Crippen LogP contribution in [0.1, 0.15) is 19.0 Å². The maximum atomic E-state index is 5.30. The molecule has 0 saturated heterocycles. The lowest BCUT2D eigenvalue weighted by Crippen LogP contribution is -2.10. The number of hydrogen-bond donors (Lipinski definition) is 1. The van der Waals surface area contributed by atoms with Gasteiger partial charge in [0.1, 0.15) is 6.33 Å². The van der Waals surface area contributed by atoms with Gasteiger partial charge >= 0.3 is 0 Å². The van der Waals surface area contributed by atoms with Crippen LogP contribution in [-0.2, 0) is 4.74 Å². The van der Waals surface area contributed by atoms with Crippen LogP contribution in [0.4, 0.5) is 5.95 Å². The van der Waals surface area contributed by atoms with Crippen molar-refractivity contribution in [2.24, 2.45) is 0 Å². The lowest BCUT2D eigenvalue weighted by Gasteiger charge is -2.08. The number of rotatable bonds is 7. The van der Waals surface area contributed by atoms with Crippen molar-refractivity contribution in [1.82, 2.24) is 19.5 Å². The Morgan fingerprint density at radius 3 is 2.84 bits per heavy atom. The van der Waals surface area contributed by atoms with E-state index in [0.29, 0.717) is 0 Å². The SMILES string of the molecule is CCOCCCNc1nc(C)cn1-c1cncnc1. The maximum absolute atomic E-state index is 5.30. The van der Waals surface area contributed by atoms with E-state index in [1.807, 2.05) is 24.6 Å². The number of nitrogens with zero attached hydrogens (tertiary/aromatic N) is 4. The third-order valence-corrected chi connectivity index (χ3v) is 2.60. The molecule has 0 fully saturated rings. The summed E-state index contributed by atoms with van der Waals surface area (Å²) >= 11 is 0. The molecular weight excluding hydrogens is 242 g/mol. The molecule has 2 heterocycles. The summed E-state index contributed by atoms with van der Waals surface area (Å²) in [5, 5.41) is 3.31. The number of nitrogens with one attached hydrogen (secondary N) is 1. The highest BCUT2D eigenvalue weighted by Crippen LogP contribution is 2.14. The molecule has 1 N–H and O–H groups in total. The van der Waals surface area contributed by atoms with E-state index in [1.165, 1.54) is 6.33 Å². The molecule has 6 heteroatoms. The summed E-state index contributed by atoms with van der Waals surface area (Å²) in [6.07, 6.45) is 7.95. The smallest absolute Gasteiger partial charge is 0.207 e. The second-order valence-corrected chi connectivity index (χ2v) is 4.15. The molecule has 2 aromatic rings. The third-order valence-electron chi connectivity index (χ3n) is 2.60. The number of anilines is 1. The lowest BCUT2D eigenvalue weighted by atomic mass is 10.4. The number of ether oxygens (including phenoxy) is 1. The summed E-state index contributed by atoms with van der Waals surface area (Å²) in [4.78, 5) is 12.5. The zero-order valence-corrected chi connectivity index (χ0v) is 11.3. The zero-order chi connectivity index (χ0) is 13.5. The van der Waals surface area contributed by atoms with Crippen LogP contribution in [-0.4, -0.2) is 39.3 Å². The van der Waals surface area contributed by atoms with Crippen LogP contribution in [0.15, 0.2) is 24.9 Å². The molecule has 0 aliphatic heterocycles. The molecule has 6 nitrogen and oxygen atoms in total. The first-order valence-corrected chi connectivity index (χ1v) is 6.44. The van der Waals surface area contributed by atoms with E-state index in [9.17, 15) is 0 Å². The molecule has 0 saturated carbocycles. The Hall–Kier alpha value is -1.95. The van der Waals surface area contributed by atoms with Gasteiger partial charge < -0.3 is 10.1 Å². The van der Waals surface area contributed by atoms with Gasteiger partial charge in [-0.2, -0.15) is 0 Å². The monoisotopic (exact) mass is 261 g/mol. The van der Waals surface area contributed by atoms with Crippen molar-refractivity contribution in [2.75, 3.05) is 25.1 Å². The van der Waals surface area contributed by atoms with E-state index in [0.717, 1.165) is 43.5 Å². The van der Waals surface area contributed by atoms with E-state index < -0.39 is 0 Å². The average molecular weight is 261 g/mol. The minimum absolute atomic E-state index is 0.759. The predicted molar refractivity (Wildman–Crippen MR) is 73.5 cm³/mol. The molecule has 19 heavy (non-hydrogen) atoms. The average Bonchev–Trinajstić information content (AvgIpc) is 2.81. The van der Waals surface area contributed by atoms with Crippen molar-refractivity contribution in [3.8, 4) is 5.69 Å². The van der Waals surface area contributed by atoms with Crippen LogP contribution in [0, 0.1) is 6.92 Å². The Morgan fingerprint density at radius 1 is 1.32 bits per heavy atom. The van der Waals surface area contributed by atoms with Crippen molar-refractivity contribution < 1.29 is 4.74 Å². The Morgan fingerprint density at radius 2 is 2.11 bits per heavy atom. The van der Waals surface area contributed by atoms with Crippen molar-refractivity contribution >= 4 is 5.95 Å². The van der Waals surface area contributed by atoms with Crippen LogP contribution >= 0.6 is 0 Å². The largest absolute Gasteiger partial charge is 0.382 e. The maximum Gasteiger partial charge on any atom is 0.207 e. The number of hydrogen-bond acceptors (Lipinski definition) is 5. The van der Waals surface area contributed by atoms with Gasteiger partial charge in [0, 0.05) is 26.0 Å². The summed E-state index contributed by atoms with van der Waals surface area (Å²) in [5.74, 6) is 0.809. The fourth-order valence-electron chi connectivity index (χ4n) is 1.75. The molecule has 0 aliphatic carbocycles. The van der Waals surface area contributed by atoms with Crippen LogP contribution in [0.5, 0.6) is 0 Å². The molecule has 0 bridgehead atoms. The lowest BCUT2D eigenvalue weighted by molar-refractivity contribution is 0.147. The summed E-state index contributed by atoms with van der Waals surface area (Å²) < 4.78 is 7.26. The quantitative estimate of drug-likeness (QED) is 0.770. The van der Waals surface area contributed by atoms with Crippen molar-refractivity contribution in [3.63, 3.8) is 0 Å². The highest BCUT2D eigenvalue weighted by atomic mass is 16.5. The highest BCUT2D eigenvalue weighted by Gasteiger charge is 2.07. The minimum atomic E-state index is 0.759. The zero-order valence-electron chi connectivity index (χ0n) is 11.3. The molecule has 0 aliphatic rings. The molecule has 0 unspecified atom stereocenters. The van der Waals surface area contributed by atoms with Gasteiger partial charge in [0.15, 0.2) is 0 Å². The van der Waals surface area contributed by atoms with Crippen molar-refractivity contribution in [3.05, 3.63) is 30.6 Å². The minimum Gasteiger partial charge on any atom is -0.382 e. The Labute approximate surface area is 112 Å². The Balaban J connectivity index is 2.01. The summed E-state index contributed by atoms with van der Waals surface area (Å²) in [6, 6.07) is 0. The number of aryl methyl sites for hydroxylation is 1. The molecule has 2 rings (SSSR count).